The highest BCUT2D eigenvalue weighted by molar-refractivity contribution is 7.98. The Bertz CT molecular complexity index is 418. The van der Waals surface area contributed by atoms with Crippen LogP contribution >= 0.6 is 11.8 Å². The number of alkyl halides is 5. The van der Waals surface area contributed by atoms with Gasteiger partial charge in [0.15, 0.2) is 11.8 Å². The van der Waals surface area contributed by atoms with Gasteiger partial charge >= 0.3 is 12.1 Å². The predicted molar refractivity (Wildman–Crippen MR) is 59.9 cm³/mol. The van der Waals surface area contributed by atoms with Crippen LogP contribution in [0.5, 0.6) is 5.88 Å². The van der Waals surface area contributed by atoms with E-state index in [1.165, 1.54) is 7.05 Å². The largest absolute Gasteiger partial charge is 0.471 e. The van der Waals surface area contributed by atoms with Gasteiger partial charge in [0.05, 0.1) is 0 Å². The van der Waals surface area contributed by atoms with Crippen LogP contribution in [0.4, 0.5) is 27.8 Å². The Labute approximate surface area is 109 Å². The lowest BCUT2D eigenvalue weighted by atomic mass is 10.3. The molecule has 1 N–H and O–H groups in total. The van der Waals surface area contributed by atoms with E-state index in [4.69, 9.17) is 0 Å². The first-order chi connectivity index (χ1) is 8.69. The first-order valence-electron chi connectivity index (χ1n) is 4.88. The van der Waals surface area contributed by atoms with E-state index in [0.717, 1.165) is 17.8 Å². The summed E-state index contributed by atoms with van der Waals surface area (Å²) >= 11 is 1.10. The molecule has 1 aromatic heterocycles. The van der Waals surface area contributed by atoms with Gasteiger partial charge in [0.2, 0.25) is 5.88 Å². The van der Waals surface area contributed by atoms with Crippen LogP contribution in [0.15, 0.2) is 11.2 Å². The Kier molecular flexibility index (Phi) is 4.77. The third kappa shape index (κ3) is 4.08. The van der Waals surface area contributed by atoms with Crippen LogP contribution in [0.25, 0.3) is 0 Å². The number of hydrogen-bond donors (Lipinski definition) is 1. The van der Waals surface area contributed by atoms with Gasteiger partial charge in [-0.2, -0.15) is 26.9 Å². The molecule has 0 aliphatic carbocycles. The lowest BCUT2D eigenvalue weighted by Gasteiger charge is -2.19. The van der Waals surface area contributed by atoms with Gasteiger partial charge in [-0.25, -0.2) is 4.98 Å². The van der Waals surface area contributed by atoms with Crippen LogP contribution < -0.4 is 10.1 Å². The number of halogens is 5. The molecule has 19 heavy (non-hydrogen) atoms. The molecule has 0 atom stereocenters. The molecule has 0 bridgehead atoms. The standard InChI is InChI=1S/C9H10F5N3OS/c1-15-5-3-6(17-7(16-5)19-2)18-4-8(10,11)9(12,13)14/h3H,4H2,1-2H3,(H,15,16,17). The number of thioether (sulfide) groups is 1. The van der Waals surface area contributed by atoms with Crippen molar-refractivity contribution in [3.63, 3.8) is 0 Å². The van der Waals surface area contributed by atoms with Gasteiger partial charge in [0.25, 0.3) is 0 Å². The molecule has 0 radical (unpaired) electrons. The third-order valence-corrected chi connectivity index (χ3v) is 2.48. The Morgan fingerprint density at radius 2 is 1.89 bits per heavy atom. The van der Waals surface area contributed by atoms with Gasteiger partial charge in [-0.1, -0.05) is 11.8 Å². The van der Waals surface area contributed by atoms with E-state index in [1.807, 2.05) is 0 Å². The maximum atomic E-state index is 12.7. The summed E-state index contributed by atoms with van der Waals surface area (Å²) in [4.78, 5) is 7.59. The van der Waals surface area contributed by atoms with E-state index in [9.17, 15) is 22.0 Å². The molecule has 1 rings (SSSR count). The van der Waals surface area contributed by atoms with Crippen molar-refractivity contribution in [1.82, 2.24) is 9.97 Å². The molecule has 10 heteroatoms. The van der Waals surface area contributed by atoms with Crippen molar-refractivity contribution in [3.05, 3.63) is 6.07 Å². The average Bonchev–Trinajstić information content (AvgIpc) is 2.34. The number of nitrogens with one attached hydrogen (secondary N) is 1. The highest BCUT2D eigenvalue weighted by Crippen LogP contribution is 2.35. The second-order valence-electron chi connectivity index (χ2n) is 3.32. The summed E-state index contributed by atoms with van der Waals surface area (Å²) in [6.07, 6.45) is -4.03. The minimum absolute atomic E-state index is 0.192. The Balaban J connectivity index is 2.83. The molecule has 0 aromatic carbocycles. The molecule has 0 unspecified atom stereocenters. The van der Waals surface area contributed by atoms with E-state index in [2.05, 4.69) is 20.0 Å². The normalized spacial score (nSPS) is 12.4. The monoisotopic (exact) mass is 303 g/mol. The van der Waals surface area contributed by atoms with Crippen LogP contribution in [-0.4, -0.2) is 42.0 Å². The molecule has 1 heterocycles. The molecule has 0 amide bonds. The van der Waals surface area contributed by atoms with Crippen molar-refractivity contribution in [2.45, 2.75) is 17.3 Å². The molecule has 1 aromatic rings. The maximum Gasteiger partial charge on any atom is 0.456 e. The highest BCUT2D eigenvalue weighted by atomic mass is 32.2. The zero-order valence-electron chi connectivity index (χ0n) is 9.89. The van der Waals surface area contributed by atoms with Crippen molar-refractivity contribution in [2.75, 3.05) is 25.2 Å². The fourth-order valence-electron chi connectivity index (χ4n) is 0.944. The van der Waals surface area contributed by atoms with Crippen LogP contribution in [0.3, 0.4) is 0 Å². The van der Waals surface area contributed by atoms with Crippen molar-refractivity contribution in [3.8, 4) is 5.88 Å². The lowest BCUT2D eigenvalue weighted by Crippen LogP contribution is -2.41. The van der Waals surface area contributed by atoms with E-state index in [0.29, 0.717) is 0 Å². The van der Waals surface area contributed by atoms with Gasteiger partial charge in [-0.3, -0.25) is 0 Å². The van der Waals surface area contributed by atoms with Crippen LogP contribution in [0.1, 0.15) is 0 Å². The smallest absolute Gasteiger partial charge is 0.456 e. The molecular weight excluding hydrogens is 293 g/mol. The highest BCUT2D eigenvalue weighted by Gasteiger charge is 2.58. The summed E-state index contributed by atoms with van der Waals surface area (Å²) in [5, 5.41) is 2.81. The van der Waals surface area contributed by atoms with Gasteiger partial charge in [0, 0.05) is 13.1 Å². The molecule has 4 nitrogen and oxygen atoms in total. The molecular formula is C9H10F5N3OS. The minimum atomic E-state index is -5.66. The van der Waals surface area contributed by atoms with Crippen molar-refractivity contribution in [2.24, 2.45) is 0 Å². The fraction of sp³-hybridized carbons (Fsp3) is 0.556. The van der Waals surface area contributed by atoms with Crippen molar-refractivity contribution < 1.29 is 26.7 Å². The molecule has 0 fully saturated rings. The second kappa shape index (κ2) is 5.76. The molecule has 0 spiro atoms. The van der Waals surface area contributed by atoms with Gasteiger partial charge in [-0.15, -0.1) is 0 Å². The number of anilines is 1. The average molecular weight is 303 g/mol. The van der Waals surface area contributed by atoms with Crippen molar-refractivity contribution >= 4 is 17.6 Å². The molecule has 0 saturated carbocycles. The van der Waals surface area contributed by atoms with E-state index < -0.39 is 18.7 Å². The topological polar surface area (TPSA) is 47.0 Å². The number of hydrogen-bond acceptors (Lipinski definition) is 5. The SMILES string of the molecule is CNc1cc(OCC(F)(F)C(F)(F)F)nc(SC)n1. The third-order valence-electron chi connectivity index (χ3n) is 1.94. The summed E-state index contributed by atoms with van der Waals surface area (Å²) < 4.78 is 65.6. The lowest BCUT2D eigenvalue weighted by molar-refractivity contribution is -0.290. The number of nitrogens with zero attached hydrogens (tertiary/aromatic N) is 2. The summed E-state index contributed by atoms with van der Waals surface area (Å²) in [5.74, 6) is -5.03. The Morgan fingerprint density at radius 1 is 1.26 bits per heavy atom. The zero-order valence-corrected chi connectivity index (χ0v) is 10.7. The predicted octanol–water partition coefficient (Wildman–Crippen LogP) is 2.82. The van der Waals surface area contributed by atoms with E-state index >= 15 is 0 Å². The maximum absolute atomic E-state index is 12.7. The Morgan fingerprint density at radius 3 is 2.37 bits per heavy atom. The molecule has 108 valence electrons. The molecule has 0 aliphatic heterocycles. The van der Waals surface area contributed by atoms with E-state index in [-0.39, 0.29) is 16.9 Å². The molecule has 0 saturated heterocycles. The summed E-state index contributed by atoms with van der Waals surface area (Å²) in [6, 6.07) is 1.13. The number of ether oxygens (including phenoxy) is 1. The van der Waals surface area contributed by atoms with Gasteiger partial charge in [-0.05, 0) is 6.26 Å². The van der Waals surface area contributed by atoms with Gasteiger partial charge in [0.1, 0.15) is 5.82 Å². The minimum Gasteiger partial charge on any atom is -0.471 e. The van der Waals surface area contributed by atoms with Crippen LogP contribution in [0, 0.1) is 0 Å². The van der Waals surface area contributed by atoms with E-state index in [1.54, 1.807) is 6.26 Å². The fourth-order valence-corrected chi connectivity index (χ4v) is 1.31. The zero-order chi connectivity index (χ0) is 14.7. The van der Waals surface area contributed by atoms with Crippen LogP contribution in [-0.2, 0) is 0 Å². The summed E-state index contributed by atoms with van der Waals surface area (Å²) in [6.45, 7) is -1.83. The molecule has 0 aliphatic rings. The first-order valence-corrected chi connectivity index (χ1v) is 6.10. The van der Waals surface area contributed by atoms with Crippen molar-refractivity contribution in [1.29, 1.82) is 0 Å². The summed E-state index contributed by atoms with van der Waals surface area (Å²) in [5.41, 5.74) is 0. The second-order valence-corrected chi connectivity index (χ2v) is 4.09. The van der Waals surface area contributed by atoms with Gasteiger partial charge < -0.3 is 10.1 Å². The number of aromatic nitrogens is 2. The quantitative estimate of drug-likeness (QED) is 0.515. The summed E-state index contributed by atoms with van der Waals surface area (Å²) in [7, 11) is 1.51. The van der Waals surface area contributed by atoms with Crippen LogP contribution in [0.2, 0.25) is 0 Å². The Hall–Kier alpha value is -1.32. The first kappa shape index (κ1) is 15.7. The number of rotatable bonds is 5.